The van der Waals surface area contributed by atoms with Gasteiger partial charge in [0.25, 0.3) is 5.91 Å². The minimum absolute atomic E-state index is 0.0710. The number of hydrogen-bond donors (Lipinski definition) is 2. The molecule has 0 aliphatic carbocycles. The topological polar surface area (TPSA) is 61.0 Å². The van der Waals surface area contributed by atoms with Gasteiger partial charge < -0.3 is 10.2 Å². The van der Waals surface area contributed by atoms with Gasteiger partial charge in [-0.05, 0) is 44.2 Å². The number of amides is 1. The standard InChI is InChI=1S/C19H24N4O/c1-14-2-4-15(5-3-14)16-12-17(22-21-16)18(24)23-10-7-19(8-11-23)6-9-20-13-19/h2-5,12,20H,6-11,13H2,1H3,(H,21,22). The lowest BCUT2D eigenvalue weighted by molar-refractivity contribution is 0.0602. The van der Waals surface area contributed by atoms with Crippen LogP contribution in [-0.2, 0) is 0 Å². The summed E-state index contributed by atoms with van der Waals surface area (Å²) in [6.45, 7) is 5.98. The van der Waals surface area contributed by atoms with Crippen molar-refractivity contribution in [3.8, 4) is 11.3 Å². The average molecular weight is 324 g/mol. The first-order valence-corrected chi connectivity index (χ1v) is 8.78. The van der Waals surface area contributed by atoms with Gasteiger partial charge in [0.15, 0.2) is 0 Å². The fraction of sp³-hybridized carbons (Fsp3) is 0.474. The van der Waals surface area contributed by atoms with Gasteiger partial charge >= 0.3 is 0 Å². The molecule has 0 saturated carbocycles. The number of aromatic amines is 1. The van der Waals surface area contributed by atoms with Gasteiger partial charge in [-0.1, -0.05) is 29.8 Å². The smallest absolute Gasteiger partial charge is 0.271 e. The lowest BCUT2D eigenvalue weighted by Crippen LogP contribution is -2.44. The summed E-state index contributed by atoms with van der Waals surface area (Å²) in [7, 11) is 0. The number of rotatable bonds is 2. The third-order valence-electron chi connectivity index (χ3n) is 5.60. The molecule has 0 atom stereocenters. The van der Waals surface area contributed by atoms with E-state index in [1.165, 1.54) is 12.0 Å². The molecule has 2 saturated heterocycles. The van der Waals surface area contributed by atoms with Gasteiger partial charge in [-0.3, -0.25) is 9.89 Å². The largest absolute Gasteiger partial charge is 0.337 e. The van der Waals surface area contributed by atoms with E-state index in [-0.39, 0.29) is 5.91 Å². The molecule has 1 aromatic carbocycles. The molecule has 3 heterocycles. The molecule has 126 valence electrons. The molecule has 2 aromatic rings. The molecule has 2 aliphatic rings. The van der Waals surface area contributed by atoms with Crippen LogP contribution in [0.15, 0.2) is 30.3 Å². The highest BCUT2D eigenvalue weighted by atomic mass is 16.2. The Hall–Kier alpha value is -2.14. The van der Waals surface area contributed by atoms with E-state index in [2.05, 4.69) is 34.6 Å². The van der Waals surface area contributed by atoms with Gasteiger partial charge in [0, 0.05) is 25.2 Å². The van der Waals surface area contributed by atoms with Crippen molar-refractivity contribution < 1.29 is 4.79 Å². The summed E-state index contributed by atoms with van der Waals surface area (Å²) in [5, 5.41) is 10.7. The minimum Gasteiger partial charge on any atom is -0.337 e. The second-order valence-electron chi connectivity index (χ2n) is 7.25. The summed E-state index contributed by atoms with van der Waals surface area (Å²) in [5.74, 6) is 0.0710. The summed E-state index contributed by atoms with van der Waals surface area (Å²) in [6, 6.07) is 10.1. The van der Waals surface area contributed by atoms with Gasteiger partial charge in [0.05, 0.1) is 5.69 Å². The van der Waals surface area contributed by atoms with Crippen molar-refractivity contribution in [1.29, 1.82) is 0 Å². The quantitative estimate of drug-likeness (QED) is 0.892. The molecule has 0 radical (unpaired) electrons. The average Bonchev–Trinajstić information content (AvgIpc) is 3.26. The Labute approximate surface area is 142 Å². The summed E-state index contributed by atoms with van der Waals surface area (Å²) < 4.78 is 0. The van der Waals surface area contributed by atoms with E-state index >= 15 is 0 Å². The van der Waals surface area contributed by atoms with Crippen molar-refractivity contribution in [3.05, 3.63) is 41.6 Å². The Morgan fingerprint density at radius 3 is 2.58 bits per heavy atom. The molecule has 5 heteroatoms. The van der Waals surface area contributed by atoms with E-state index in [1.807, 2.05) is 23.1 Å². The van der Waals surface area contributed by atoms with Crippen LogP contribution in [0.4, 0.5) is 0 Å². The Morgan fingerprint density at radius 2 is 1.92 bits per heavy atom. The molecule has 24 heavy (non-hydrogen) atoms. The van der Waals surface area contributed by atoms with E-state index < -0.39 is 0 Å². The highest BCUT2D eigenvalue weighted by Crippen LogP contribution is 2.37. The van der Waals surface area contributed by atoms with Gasteiger partial charge in [-0.15, -0.1) is 0 Å². The fourth-order valence-corrected chi connectivity index (χ4v) is 3.88. The monoisotopic (exact) mass is 324 g/mol. The third kappa shape index (κ3) is 2.84. The Kier molecular flexibility index (Phi) is 3.88. The second-order valence-corrected chi connectivity index (χ2v) is 7.25. The summed E-state index contributed by atoms with van der Waals surface area (Å²) in [5.41, 5.74) is 4.09. The number of nitrogens with one attached hydrogen (secondary N) is 2. The van der Waals surface area contributed by atoms with Crippen LogP contribution in [0, 0.1) is 12.3 Å². The van der Waals surface area contributed by atoms with Gasteiger partial charge in [0.1, 0.15) is 5.69 Å². The first kappa shape index (κ1) is 15.4. The molecular weight excluding hydrogens is 300 g/mol. The van der Waals surface area contributed by atoms with Gasteiger partial charge in [-0.2, -0.15) is 5.10 Å². The van der Waals surface area contributed by atoms with E-state index in [0.29, 0.717) is 11.1 Å². The van der Waals surface area contributed by atoms with Crippen LogP contribution in [0.5, 0.6) is 0 Å². The van der Waals surface area contributed by atoms with Crippen LogP contribution in [-0.4, -0.2) is 47.2 Å². The summed E-state index contributed by atoms with van der Waals surface area (Å²) >= 11 is 0. The summed E-state index contributed by atoms with van der Waals surface area (Å²) in [4.78, 5) is 14.7. The van der Waals surface area contributed by atoms with Crippen molar-refractivity contribution in [2.24, 2.45) is 5.41 Å². The molecular formula is C19H24N4O. The van der Waals surface area contributed by atoms with Crippen LogP contribution in [0.25, 0.3) is 11.3 Å². The molecule has 1 aromatic heterocycles. The van der Waals surface area contributed by atoms with Gasteiger partial charge in [-0.25, -0.2) is 0 Å². The van der Waals surface area contributed by atoms with Crippen LogP contribution in [0.2, 0.25) is 0 Å². The molecule has 1 spiro atoms. The van der Waals surface area contributed by atoms with Gasteiger partial charge in [0.2, 0.25) is 0 Å². The fourth-order valence-electron chi connectivity index (χ4n) is 3.88. The number of hydrogen-bond acceptors (Lipinski definition) is 3. The predicted molar refractivity (Wildman–Crippen MR) is 93.8 cm³/mol. The minimum atomic E-state index is 0.0710. The highest BCUT2D eigenvalue weighted by molar-refractivity contribution is 5.93. The lowest BCUT2D eigenvalue weighted by atomic mass is 9.78. The number of nitrogens with zero attached hydrogens (tertiary/aromatic N) is 2. The molecule has 2 fully saturated rings. The Morgan fingerprint density at radius 1 is 1.17 bits per heavy atom. The van der Waals surface area contributed by atoms with Crippen molar-refractivity contribution in [2.45, 2.75) is 26.2 Å². The number of carbonyl (C=O) groups excluding carboxylic acids is 1. The zero-order valence-electron chi connectivity index (χ0n) is 14.1. The van der Waals surface area contributed by atoms with E-state index in [1.54, 1.807) is 0 Å². The molecule has 4 rings (SSSR count). The first-order chi connectivity index (χ1) is 11.7. The molecule has 0 bridgehead atoms. The van der Waals surface area contributed by atoms with Crippen LogP contribution >= 0.6 is 0 Å². The second kappa shape index (κ2) is 6.06. The number of likely N-dealkylation sites (tertiary alicyclic amines) is 1. The maximum absolute atomic E-state index is 12.7. The zero-order valence-corrected chi connectivity index (χ0v) is 14.1. The third-order valence-corrected chi connectivity index (χ3v) is 5.60. The number of piperidine rings is 1. The van der Waals surface area contributed by atoms with Crippen molar-refractivity contribution in [1.82, 2.24) is 20.4 Å². The van der Waals surface area contributed by atoms with Crippen LogP contribution in [0.3, 0.4) is 0 Å². The zero-order chi connectivity index (χ0) is 16.6. The van der Waals surface area contributed by atoms with Crippen molar-refractivity contribution in [2.75, 3.05) is 26.2 Å². The number of carbonyl (C=O) groups is 1. The Balaban J connectivity index is 1.45. The van der Waals surface area contributed by atoms with Crippen LogP contribution in [0.1, 0.15) is 35.3 Å². The predicted octanol–water partition coefficient (Wildman–Crippen LogP) is 2.60. The maximum Gasteiger partial charge on any atom is 0.271 e. The number of benzene rings is 1. The van der Waals surface area contributed by atoms with E-state index in [4.69, 9.17) is 0 Å². The molecule has 2 aliphatic heterocycles. The van der Waals surface area contributed by atoms with Crippen molar-refractivity contribution >= 4 is 5.91 Å². The normalized spacial score (nSPS) is 19.8. The Bertz CT molecular complexity index is 718. The molecule has 5 nitrogen and oxygen atoms in total. The molecule has 2 N–H and O–H groups in total. The summed E-state index contributed by atoms with van der Waals surface area (Å²) in [6.07, 6.45) is 3.45. The van der Waals surface area contributed by atoms with E-state index in [9.17, 15) is 4.79 Å². The number of aromatic nitrogens is 2. The highest BCUT2D eigenvalue weighted by Gasteiger charge is 2.38. The first-order valence-electron chi connectivity index (χ1n) is 8.78. The number of aryl methyl sites for hydroxylation is 1. The maximum atomic E-state index is 12.7. The number of H-pyrrole nitrogens is 1. The van der Waals surface area contributed by atoms with E-state index in [0.717, 1.165) is 50.3 Å². The lowest BCUT2D eigenvalue weighted by Gasteiger charge is -2.38. The molecule has 1 amide bonds. The van der Waals surface area contributed by atoms with Crippen LogP contribution < -0.4 is 5.32 Å². The van der Waals surface area contributed by atoms with Crippen molar-refractivity contribution in [3.63, 3.8) is 0 Å². The molecule has 0 unspecified atom stereocenters. The SMILES string of the molecule is Cc1ccc(-c2cc(C(=O)N3CCC4(CCNC4)CC3)[nH]n2)cc1.